The lowest BCUT2D eigenvalue weighted by molar-refractivity contribution is -0.132. The number of likely N-dealkylation sites (tertiary alicyclic amines) is 1. The fraction of sp³-hybridized carbons (Fsp3) is 0.273. The summed E-state index contributed by atoms with van der Waals surface area (Å²) in [7, 11) is 0. The van der Waals surface area contributed by atoms with Gasteiger partial charge in [0.05, 0.1) is 11.1 Å². The molecule has 1 fully saturated rings. The summed E-state index contributed by atoms with van der Waals surface area (Å²) >= 11 is 0. The van der Waals surface area contributed by atoms with Crippen LogP contribution in [0.5, 0.6) is 0 Å². The summed E-state index contributed by atoms with van der Waals surface area (Å²) in [5, 5.41) is 0. The lowest BCUT2D eigenvalue weighted by Gasteiger charge is -2.32. The van der Waals surface area contributed by atoms with E-state index >= 15 is 0 Å². The smallest absolute Gasteiger partial charge is 0.262 e. The highest BCUT2D eigenvalue weighted by atomic mass is 16.2. The zero-order valence-electron chi connectivity index (χ0n) is 15.3. The molecule has 2 heterocycles. The molecule has 6 nitrogen and oxygen atoms in total. The van der Waals surface area contributed by atoms with Crippen LogP contribution in [0.3, 0.4) is 0 Å². The monoisotopic (exact) mass is 376 g/mol. The van der Waals surface area contributed by atoms with Gasteiger partial charge in [-0.15, -0.1) is 0 Å². The van der Waals surface area contributed by atoms with Crippen molar-refractivity contribution in [2.45, 2.75) is 12.8 Å². The minimum Gasteiger partial charge on any atom is -0.341 e. The minimum atomic E-state index is -0.428. The number of carbonyl (C=O) groups excluding carboxylic acids is 4. The van der Waals surface area contributed by atoms with Crippen molar-refractivity contribution in [1.29, 1.82) is 0 Å². The molecule has 0 bridgehead atoms. The van der Waals surface area contributed by atoms with E-state index in [4.69, 9.17) is 0 Å². The maximum atomic E-state index is 12.6. The number of fused-ring (bicyclic) bond motifs is 1. The van der Waals surface area contributed by atoms with E-state index in [0.717, 1.165) is 4.90 Å². The standard InChI is InChI=1S/C22H20N2O4/c25-19(14-24-21(27)17-8-4-5-9-18(17)22(24)28)23-12-10-16(11-13-23)20(26)15-6-2-1-3-7-15/h1-9,16H,10-14H2. The van der Waals surface area contributed by atoms with Crippen LogP contribution in [0.25, 0.3) is 0 Å². The Hall–Kier alpha value is -3.28. The Morgan fingerprint density at radius 2 is 1.36 bits per heavy atom. The van der Waals surface area contributed by atoms with Crippen molar-refractivity contribution in [2.75, 3.05) is 19.6 Å². The quantitative estimate of drug-likeness (QED) is 0.607. The Morgan fingerprint density at radius 1 is 0.821 bits per heavy atom. The maximum Gasteiger partial charge on any atom is 0.262 e. The summed E-state index contributed by atoms with van der Waals surface area (Å²) in [5.41, 5.74) is 1.37. The highest BCUT2D eigenvalue weighted by Gasteiger charge is 2.37. The van der Waals surface area contributed by atoms with Gasteiger partial charge in [0.2, 0.25) is 5.91 Å². The zero-order valence-corrected chi connectivity index (χ0v) is 15.3. The van der Waals surface area contributed by atoms with Crippen LogP contribution in [-0.2, 0) is 4.79 Å². The Balaban J connectivity index is 1.36. The first-order chi connectivity index (χ1) is 13.6. The van der Waals surface area contributed by atoms with Crippen LogP contribution in [0.2, 0.25) is 0 Å². The summed E-state index contributed by atoms with van der Waals surface area (Å²) in [6.07, 6.45) is 1.17. The third kappa shape index (κ3) is 3.22. The van der Waals surface area contributed by atoms with Crippen molar-refractivity contribution in [3.63, 3.8) is 0 Å². The molecule has 0 radical (unpaired) electrons. The van der Waals surface area contributed by atoms with Gasteiger partial charge >= 0.3 is 0 Å². The molecule has 6 heteroatoms. The van der Waals surface area contributed by atoms with Crippen molar-refractivity contribution in [3.8, 4) is 0 Å². The highest BCUT2D eigenvalue weighted by Crippen LogP contribution is 2.24. The van der Waals surface area contributed by atoms with Crippen LogP contribution in [0.4, 0.5) is 0 Å². The number of Topliss-reactive ketones (excluding diaryl/α,β-unsaturated/α-hetero) is 1. The molecule has 2 aliphatic heterocycles. The molecule has 28 heavy (non-hydrogen) atoms. The molecule has 0 aromatic heterocycles. The fourth-order valence-corrected chi connectivity index (χ4v) is 3.85. The summed E-state index contributed by atoms with van der Waals surface area (Å²) in [6.45, 7) is 0.639. The average molecular weight is 376 g/mol. The molecule has 4 rings (SSSR count). The van der Waals surface area contributed by atoms with E-state index in [-0.39, 0.29) is 24.2 Å². The van der Waals surface area contributed by atoms with Crippen LogP contribution < -0.4 is 0 Å². The zero-order chi connectivity index (χ0) is 19.7. The highest BCUT2D eigenvalue weighted by molar-refractivity contribution is 6.22. The number of hydrogen-bond acceptors (Lipinski definition) is 4. The third-order valence-corrected chi connectivity index (χ3v) is 5.45. The number of rotatable bonds is 4. The summed E-state index contributed by atoms with van der Waals surface area (Å²) in [6, 6.07) is 15.8. The number of nitrogens with zero attached hydrogens (tertiary/aromatic N) is 2. The van der Waals surface area contributed by atoms with Gasteiger partial charge in [-0.3, -0.25) is 24.1 Å². The van der Waals surface area contributed by atoms with E-state index < -0.39 is 11.8 Å². The topological polar surface area (TPSA) is 74.8 Å². The second-order valence-corrected chi connectivity index (χ2v) is 7.13. The molecule has 142 valence electrons. The van der Waals surface area contributed by atoms with Gasteiger partial charge in [0.25, 0.3) is 11.8 Å². The number of ketones is 1. The molecule has 0 spiro atoms. The number of carbonyl (C=O) groups is 4. The van der Waals surface area contributed by atoms with E-state index in [2.05, 4.69) is 0 Å². The minimum absolute atomic E-state index is 0.105. The van der Waals surface area contributed by atoms with Gasteiger partial charge in [0.1, 0.15) is 6.54 Å². The molecule has 3 amide bonds. The molecule has 0 aliphatic carbocycles. The molecule has 2 aliphatic rings. The van der Waals surface area contributed by atoms with E-state index in [1.54, 1.807) is 29.2 Å². The predicted octanol–water partition coefficient (Wildman–Crippen LogP) is 2.40. The first kappa shape index (κ1) is 18.1. The number of benzene rings is 2. The van der Waals surface area contributed by atoms with Gasteiger partial charge in [-0.25, -0.2) is 0 Å². The van der Waals surface area contributed by atoms with Crippen molar-refractivity contribution in [1.82, 2.24) is 9.80 Å². The maximum absolute atomic E-state index is 12.6. The van der Waals surface area contributed by atoms with Gasteiger partial charge in [-0.05, 0) is 25.0 Å². The molecule has 0 N–H and O–H groups in total. The van der Waals surface area contributed by atoms with Gasteiger partial charge in [-0.1, -0.05) is 42.5 Å². The van der Waals surface area contributed by atoms with Crippen molar-refractivity contribution in [3.05, 3.63) is 71.3 Å². The van der Waals surface area contributed by atoms with Gasteiger partial charge in [0, 0.05) is 24.6 Å². The second-order valence-electron chi connectivity index (χ2n) is 7.13. The van der Waals surface area contributed by atoms with Crippen molar-refractivity contribution in [2.24, 2.45) is 5.92 Å². The molecular formula is C22H20N2O4. The van der Waals surface area contributed by atoms with Crippen molar-refractivity contribution >= 4 is 23.5 Å². The van der Waals surface area contributed by atoms with E-state index in [0.29, 0.717) is 42.6 Å². The molecular weight excluding hydrogens is 356 g/mol. The lowest BCUT2D eigenvalue weighted by atomic mass is 9.89. The summed E-state index contributed by atoms with van der Waals surface area (Å²) in [5.74, 6) is -1.12. The van der Waals surface area contributed by atoms with Crippen LogP contribution in [0.1, 0.15) is 43.9 Å². The SMILES string of the molecule is O=C(c1ccccc1)C1CCN(C(=O)CN2C(=O)c3ccccc3C2=O)CC1. The first-order valence-corrected chi connectivity index (χ1v) is 9.38. The largest absolute Gasteiger partial charge is 0.341 e. The van der Waals surface area contributed by atoms with Crippen LogP contribution in [0.15, 0.2) is 54.6 Å². The summed E-state index contributed by atoms with van der Waals surface area (Å²) in [4.78, 5) is 52.7. The predicted molar refractivity (Wildman–Crippen MR) is 102 cm³/mol. The van der Waals surface area contributed by atoms with Gasteiger partial charge < -0.3 is 4.90 Å². The van der Waals surface area contributed by atoms with Crippen LogP contribution in [-0.4, -0.2) is 52.9 Å². The molecule has 0 saturated carbocycles. The first-order valence-electron chi connectivity index (χ1n) is 9.38. The van der Waals surface area contributed by atoms with Gasteiger partial charge in [0.15, 0.2) is 5.78 Å². The van der Waals surface area contributed by atoms with Crippen LogP contribution >= 0.6 is 0 Å². The van der Waals surface area contributed by atoms with Gasteiger partial charge in [-0.2, -0.15) is 0 Å². The Morgan fingerprint density at radius 3 is 1.93 bits per heavy atom. The Labute approximate surface area is 162 Å². The normalized spacial score (nSPS) is 17.0. The number of amides is 3. The number of piperidine rings is 1. The second kappa shape index (κ2) is 7.38. The Bertz CT molecular complexity index is 911. The molecule has 1 saturated heterocycles. The third-order valence-electron chi connectivity index (χ3n) is 5.45. The number of imide groups is 1. The number of hydrogen-bond donors (Lipinski definition) is 0. The average Bonchev–Trinajstić information content (AvgIpc) is 2.99. The van der Waals surface area contributed by atoms with E-state index in [1.807, 2.05) is 30.3 Å². The molecule has 0 atom stereocenters. The van der Waals surface area contributed by atoms with E-state index in [1.165, 1.54) is 0 Å². The summed E-state index contributed by atoms with van der Waals surface area (Å²) < 4.78 is 0. The van der Waals surface area contributed by atoms with Crippen molar-refractivity contribution < 1.29 is 19.2 Å². The Kier molecular flexibility index (Phi) is 4.77. The fourth-order valence-electron chi connectivity index (χ4n) is 3.85. The van der Waals surface area contributed by atoms with Crippen LogP contribution in [0, 0.1) is 5.92 Å². The molecule has 0 unspecified atom stereocenters. The molecule has 2 aromatic rings. The van der Waals surface area contributed by atoms with E-state index in [9.17, 15) is 19.2 Å². The lowest BCUT2D eigenvalue weighted by Crippen LogP contribution is -2.46. The molecule has 2 aromatic carbocycles.